The van der Waals surface area contributed by atoms with Gasteiger partial charge >= 0.3 is 17.9 Å². The van der Waals surface area contributed by atoms with Gasteiger partial charge in [-0.15, -0.1) is 0 Å². The average Bonchev–Trinajstić information content (AvgIpc) is 2.48. The smallest absolute Gasteiger partial charge is 0.339 e. The second-order valence-corrected chi connectivity index (χ2v) is 4.72. The second-order valence-electron chi connectivity index (χ2n) is 4.72. The number of carboxylic acids is 1. The van der Waals surface area contributed by atoms with Gasteiger partial charge in [0.1, 0.15) is 0 Å². The lowest BCUT2D eigenvalue weighted by Gasteiger charge is -2.10. The zero-order valence-corrected chi connectivity index (χ0v) is 11.5. The molecule has 6 nitrogen and oxygen atoms in total. The van der Waals surface area contributed by atoms with Crippen LogP contribution in [0, 0.1) is 0 Å². The van der Waals surface area contributed by atoms with E-state index in [1.807, 2.05) is 0 Å². The molecular formula is C15H16O6. The van der Waals surface area contributed by atoms with E-state index in [0.29, 0.717) is 12.8 Å². The van der Waals surface area contributed by atoms with E-state index in [0.717, 1.165) is 12.8 Å². The molecule has 1 aliphatic heterocycles. The maximum absolute atomic E-state index is 12.0. The molecule has 0 unspecified atom stereocenters. The van der Waals surface area contributed by atoms with E-state index in [1.165, 1.54) is 18.2 Å². The number of hydrogen-bond donors (Lipinski definition) is 1. The molecule has 2 rings (SSSR count). The number of aromatic carboxylic acids is 1. The number of esters is 2. The van der Waals surface area contributed by atoms with Crippen molar-refractivity contribution in [2.24, 2.45) is 0 Å². The summed E-state index contributed by atoms with van der Waals surface area (Å²) in [4.78, 5) is 35.3. The number of fused-ring (bicyclic) bond motifs is 2. The predicted octanol–water partition coefficient (Wildman–Crippen LogP) is 2.27. The quantitative estimate of drug-likeness (QED) is 0.798. The molecule has 1 heterocycles. The lowest BCUT2D eigenvalue weighted by atomic mass is 10.0. The topological polar surface area (TPSA) is 89.9 Å². The van der Waals surface area contributed by atoms with Gasteiger partial charge in [-0.1, -0.05) is 6.07 Å². The number of cyclic esters (lactones) is 2. The summed E-state index contributed by atoms with van der Waals surface area (Å²) in [5.74, 6) is -2.83. The van der Waals surface area contributed by atoms with Gasteiger partial charge in [-0.3, -0.25) is 0 Å². The third kappa shape index (κ3) is 3.59. The van der Waals surface area contributed by atoms with Crippen molar-refractivity contribution in [2.45, 2.75) is 25.7 Å². The van der Waals surface area contributed by atoms with E-state index < -0.39 is 17.9 Å². The summed E-state index contributed by atoms with van der Waals surface area (Å²) in [7, 11) is 0. The fraction of sp³-hybridized carbons (Fsp3) is 0.400. The van der Waals surface area contributed by atoms with Crippen molar-refractivity contribution in [1.29, 1.82) is 0 Å². The summed E-state index contributed by atoms with van der Waals surface area (Å²) in [5.41, 5.74) is -0.626. The zero-order chi connectivity index (χ0) is 15.2. The summed E-state index contributed by atoms with van der Waals surface area (Å²) >= 11 is 0. The van der Waals surface area contributed by atoms with Crippen LogP contribution in [0.15, 0.2) is 18.2 Å². The fourth-order valence-corrected chi connectivity index (χ4v) is 2.17. The van der Waals surface area contributed by atoms with Gasteiger partial charge in [0.25, 0.3) is 0 Å². The largest absolute Gasteiger partial charge is 0.478 e. The van der Waals surface area contributed by atoms with Crippen LogP contribution >= 0.6 is 0 Å². The van der Waals surface area contributed by atoms with Gasteiger partial charge < -0.3 is 14.6 Å². The predicted molar refractivity (Wildman–Crippen MR) is 72.4 cm³/mol. The van der Waals surface area contributed by atoms with Crippen LogP contribution in [0.3, 0.4) is 0 Å². The Hall–Kier alpha value is -2.37. The van der Waals surface area contributed by atoms with Gasteiger partial charge in [0.15, 0.2) is 0 Å². The fourth-order valence-electron chi connectivity index (χ4n) is 2.17. The standard InChI is InChI=1S/C15H16O6/c16-13(17)12-10-6-5-7-11(12)15(19)21-9-4-2-1-3-8-20-14(10)18/h5-7H,1-4,8-9H2,(H,16,17). The van der Waals surface area contributed by atoms with Crippen LogP contribution in [0.4, 0.5) is 0 Å². The molecule has 1 aliphatic rings. The molecule has 0 aromatic heterocycles. The van der Waals surface area contributed by atoms with Gasteiger partial charge in [-0.2, -0.15) is 0 Å². The molecule has 1 N–H and O–H groups in total. The van der Waals surface area contributed by atoms with Crippen molar-refractivity contribution < 1.29 is 29.0 Å². The molecule has 6 heteroatoms. The minimum absolute atomic E-state index is 0.129. The number of hydrogen-bond acceptors (Lipinski definition) is 5. The average molecular weight is 292 g/mol. The first kappa shape index (κ1) is 15.0. The van der Waals surface area contributed by atoms with Crippen molar-refractivity contribution >= 4 is 17.9 Å². The van der Waals surface area contributed by atoms with Gasteiger partial charge in [-0.05, 0) is 37.8 Å². The first-order valence-electron chi connectivity index (χ1n) is 6.82. The zero-order valence-electron chi connectivity index (χ0n) is 11.5. The molecule has 0 amide bonds. The molecule has 112 valence electrons. The van der Waals surface area contributed by atoms with Crippen molar-refractivity contribution in [3.8, 4) is 0 Å². The SMILES string of the molecule is O=C1OCCCCCCOC(=O)c2cccc1c2C(=O)O. The lowest BCUT2D eigenvalue weighted by molar-refractivity contribution is 0.0484. The summed E-state index contributed by atoms with van der Waals surface area (Å²) in [5, 5.41) is 9.29. The highest BCUT2D eigenvalue weighted by Gasteiger charge is 2.25. The van der Waals surface area contributed by atoms with Crippen molar-refractivity contribution in [3.63, 3.8) is 0 Å². The third-order valence-corrected chi connectivity index (χ3v) is 3.22. The molecular weight excluding hydrogens is 276 g/mol. The normalized spacial score (nSPS) is 16.8. The highest BCUT2D eigenvalue weighted by molar-refractivity contribution is 6.09. The number of carbonyl (C=O) groups excluding carboxylic acids is 2. The Balaban J connectivity index is 2.43. The first-order chi connectivity index (χ1) is 10.1. The Bertz CT molecular complexity index is 523. The van der Waals surface area contributed by atoms with Crippen molar-refractivity contribution in [3.05, 3.63) is 34.9 Å². The van der Waals surface area contributed by atoms with E-state index in [4.69, 9.17) is 9.47 Å². The van der Waals surface area contributed by atoms with Crippen LogP contribution in [0.2, 0.25) is 0 Å². The summed E-state index contributed by atoms with van der Waals surface area (Å²) < 4.78 is 10.1. The molecule has 1 aromatic carbocycles. The van der Waals surface area contributed by atoms with E-state index in [-0.39, 0.29) is 29.9 Å². The molecule has 0 spiro atoms. The van der Waals surface area contributed by atoms with Crippen LogP contribution in [-0.2, 0) is 9.47 Å². The Morgan fingerprint density at radius 2 is 1.38 bits per heavy atom. The number of carboxylic acid groups (broad SMARTS) is 1. The Morgan fingerprint density at radius 3 is 1.81 bits per heavy atom. The molecule has 0 saturated carbocycles. The maximum Gasteiger partial charge on any atom is 0.339 e. The van der Waals surface area contributed by atoms with E-state index >= 15 is 0 Å². The molecule has 0 radical (unpaired) electrons. The van der Waals surface area contributed by atoms with Gasteiger partial charge in [0, 0.05) is 0 Å². The summed E-state index contributed by atoms with van der Waals surface area (Å²) in [6, 6.07) is 4.11. The van der Waals surface area contributed by atoms with Crippen LogP contribution in [0.5, 0.6) is 0 Å². The lowest BCUT2D eigenvalue weighted by Crippen LogP contribution is -2.18. The molecule has 0 saturated heterocycles. The molecule has 21 heavy (non-hydrogen) atoms. The highest BCUT2D eigenvalue weighted by Crippen LogP contribution is 2.18. The Morgan fingerprint density at radius 1 is 0.905 bits per heavy atom. The maximum atomic E-state index is 12.0. The molecule has 2 bridgehead atoms. The van der Waals surface area contributed by atoms with Crippen LogP contribution in [0.1, 0.15) is 56.8 Å². The molecule has 0 aliphatic carbocycles. The van der Waals surface area contributed by atoms with Crippen LogP contribution in [-0.4, -0.2) is 36.2 Å². The van der Waals surface area contributed by atoms with E-state index in [1.54, 1.807) is 0 Å². The Kier molecular flexibility index (Phi) is 4.92. The Labute approximate surface area is 121 Å². The van der Waals surface area contributed by atoms with Gasteiger partial charge in [-0.25, -0.2) is 14.4 Å². The van der Waals surface area contributed by atoms with Crippen molar-refractivity contribution in [1.82, 2.24) is 0 Å². The first-order valence-corrected chi connectivity index (χ1v) is 6.82. The van der Waals surface area contributed by atoms with Crippen LogP contribution in [0.25, 0.3) is 0 Å². The molecule has 1 aromatic rings. The van der Waals surface area contributed by atoms with E-state index in [9.17, 15) is 19.5 Å². The highest BCUT2D eigenvalue weighted by atomic mass is 16.5. The monoisotopic (exact) mass is 292 g/mol. The number of benzene rings is 1. The van der Waals surface area contributed by atoms with Crippen LogP contribution < -0.4 is 0 Å². The van der Waals surface area contributed by atoms with Gasteiger partial charge in [0.05, 0.1) is 29.9 Å². The molecule has 0 fully saturated rings. The number of rotatable bonds is 1. The third-order valence-electron chi connectivity index (χ3n) is 3.22. The van der Waals surface area contributed by atoms with Gasteiger partial charge in [0.2, 0.25) is 0 Å². The van der Waals surface area contributed by atoms with Crippen molar-refractivity contribution in [2.75, 3.05) is 13.2 Å². The molecule has 0 atom stereocenters. The second kappa shape index (κ2) is 6.88. The van der Waals surface area contributed by atoms with E-state index in [2.05, 4.69) is 0 Å². The minimum Gasteiger partial charge on any atom is -0.478 e. The minimum atomic E-state index is -1.36. The summed E-state index contributed by atoms with van der Waals surface area (Å²) in [6.45, 7) is 0.466. The number of ether oxygens (including phenoxy) is 2. The number of carbonyl (C=O) groups is 3. The summed E-state index contributed by atoms with van der Waals surface area (Å²) in [6.07, 6.45) is 3.10.